The van der Waals surface area contributed by atoms with E-state index in [0.29, 0.717) is 26.1 Å². The van der Waals surface area contributed by atoms with Crippen LogP contribution in [0.25, 0.3) is 0 Å². The molecule has 0 radical (unpaired) electrons. The summed E-state index contributed by atoms with van der Waals surface area (Å²) in [4.78, 5) is 0. The molecule has 2 aromatic rings. The summed E-state index contributed by atoms with van der Waals surface area (Å²) in [5, 5.41) is 18.2. The van der Waals surface area contributed by atoms with Gasteiger partial charge in [-0.05, 0) is 24.1 Å². The zero-order chi connectivity index (χ0) is 20.2. The minimum Gasteiger partial charge on any atom is -0.396 e. The molecule has 156 valence electrons. The Labute approximate surface area is 176 Å². The molecular weight excluding hydrogens is 447 g/mol. The van der Waals surface area contributed by atoms with Crippen LogP contribution in [0.4, 0.5) is 0 Å². The number of halogens is 1. The highest BCUT2D eigenvalue weighted by atomic mass is 35.7. The van der Waals surface area contributed by atoms with Crippen molar-refractivity contribution < 1.29 is 9.63 Å². The largest absolute Gasteiger partial charge is 0.396 e. The second-order valence-corrected chi connectivity index (χ2v) is 15.5. The van der Waals surface area contributed by atoms with Gasteiger partial charge in [-0.1, -0.05) is 60.7 Å². The van der Waals surface area contributed by atoms with Gasteiger partial charge in [-0.15, -0.1) is 0 Å². The van der Waals surface area contributed by atoms with Crippen LogP contribution in [0.2, 0.25) is 0 Å². The van der Waals surface area contributed by atoms with Gasteiger partial charge in [-0.25, -0.2) is 9.60 Å². The summed E-state index contributed by atoms with van der Waals surface area (Å²) in [7, 11) is -5.35. The van der Waals surface area contributed by atoms with Gasteiger partial charge < -0.3 is 9.63 Å². The van der Waals surface area contributed by atoms with Gasteiger partial charge in [-0.2, -0.15) is 9.03 Å². The minimum absolute atomic E-state index is 0.0917. The smallest absolute Gasteiger partial charge is 0.277 e. The van der Waals surface area contributed by atoms with E-state index in [0.717, 1.165) is 17.0 Å². The second kappa shape index (κ2) is 9.18. The molecule has 0 aromatic heterocycles. The average Bonchev–Trinajstić information content (AvgIpc) is 2.74. The number of benzene rings is 2. The molecule has 0 saturated carbocycles. The molecule has 0 aliphatic carbocycles. The van der Waals surface area contributed by atoms with Crippen molar-refractivity contribution in [3.63, 3.8) is 0 Å². The zero-order valence-electron chi connectivity index (χ0n) is 15.9. The Morgan fingerprint density at radius 2 is 1.66 bits per heavy atom. The van der Waals surface area contributed by atoms with Gasteiger partial charge in [0, 0.05) is 30.3 Å². The number of fused-ring (bicyclic) bond motifs is 1. The van der Waals surface area contributed by atoms with Crippen molar-refractivity contribution in [2.24, 2.45) is 13.5 Å². The topological polar surface area (TPSA) is 90.6 Å². The van der Waals surface area contributed by atoms with E-state index < -0.39 is 21.5 Å². The molecule has 0 fully saturated rings. The Balaban J connectivity index is 2.02. The number of rotatable bonds is 6. The molecule has 0 unspecified atom stereocenters. The average molecular weight is 472 g/mol. The van der Waals surface area contributed by atoms with E-state index in [4.69, 9.17) is 29.3 Å². The highest BCUT2D eigenvalue weighted by Crippen LogP contribution is 2.77. The standard InChI is InChI=1S/C18H25ClN5O2P3/c19-28-20-14-8-16-26-29(24-28,21-13-7-15-25)23-27(22-28,17-9-3-1-4-10-17)18-11-5-2-6-12-18/h1-6,9-12,20-21,25H,7-8,13-16H2/t28-,29+/m1/s1. The summed E-state index contributed by atoms with van der Waals surface area (Å²) in [6.07, 6.45) is 1.41. The lowest BCUT2D eigenvalue weighted by molar-refractivity contribution is 0.287. The van der Waals surface area contributed by atoms with Crippen molar-refractivity contribution in [1.82, 2.24) is 10.2 Å². The summed E-state index contributed by atoms with van der Waals surface area (Å²) in [5.74, 6) is 0. The third-order valence-electron chi connectivity index (χ3n) is 4.53. The molecule has 2 aromatic carbocycles. The fourth-order valence-electron chi connectivity index (χ4n) is 3.20. The van der Waals surface area contributed by atoms with E-state index in [1.54, 1.807) is 0 Å². The SMILES string of the molecule is OCCCN[P@]12=NP(c3ccccc3)(c3ccccc3)=N[P@](Cl)(=N1)NCCCO2. The monoisotopic (exact) mass is 471 g/mol. The molecule has 4 rings (SSSR count). The first-order chi connectivity index (χ1) is 14.1. The maximum absolute atomic E-state index is 9.26. The Kier molecular flexibility index (Phi) is 6.80. The molecule has 11 heteroatoms. The summed E-state index contributed by atoms with van der Waals surface area (Å²) >= 11 is 7.06. The molecule has 2 atom stereocenters. The first-order valence-corrected chi connectivity index (χ1v) is 15.5. The van der Waals surface area contributed by atoms with Gasteiger partial charge in [0.2, 0.25) is 6.71 Å². The Bertz CT molecular complexity index is 973. The number of nitrogens with one attached hydrogen (secondary N) is 2. The van der Waals surface area contributed by atoms with E-state index in [-0.39, 0.29) is 6.61 Å². The lowest BCUT2D eigenvalue weighted by Crippen LogP contribution is -2.23. The molecule has 2 aliphatic heterocycles. The maximum atomic E-state index is 9.26. The highest BCUT2D eigenvalue weighted by Gasteiger charge is 2.39. The van der Waals surface area contributed by atoms with Crippen LogP contribution in [-0.4, -0.2) is 31.4 Å². The normalized spacial score (nSPS) is 28.2. The van der Waals surface area contributed by atoms with Crippen LogP contribution in [0.3, 0.4) is 0 Å². The lowest BCUT2D eigenvalue weighted by atomic mass is 10.4. The molecule has 0 spiro atoms. The zero-order valence-corrected chi connectivity index (χ0v) is 19.4. The van der Waals surface area contributed by atoms with Crippen molar-refractivity contribution in [2.75, 3.05) is 26.3 Å². The number of nitrogens with zero attached hydrogens (tertiary/aromatic N) is 3. The van der Waals surface area contributed by atoms with Crippen molar-refractivity contribution in [1.29, 1.82) is 0 Å². The molecule has 29 heavy (non-hydrogen) atoms. The predicted octanol–water partition coefficient (Wildman–Crippen LogP) is 4.88. The molecular formula is C18H25ClN5O2P3. The lowest BCUT2D eigenvalue weighted by Gasteiger charge is -2.35. The Morgan fingerprint density at radius 3 is 2.28 bits per heavy atom. The van der Waals surface area contributed by atoms with E-state index in [1.165, 1.54) is 0 Å². The van der Waals surface area contributed by atoms with Gasteiger partial charge >= 0.3 is 0 Å². The van der Waals surface area contributed by atoms with Crippen LogP contribution in [0.5, 0.6) is 0 Å². The van der Waals surface area contributed by atoms with Crippen molar-refractivity contribution in [3.05, 3.63) is 60.7 Å². The summed E-state index contributed by atoms with van der Waals surface area (Å²) in [5.41, 5.74) is 0. The van der Waals surface area contributed by atoms with Gasteiger partial charge in [0.05, 0.1) is 6.61 Å². The summed E-state index contributed by atoms with van der Waals surface area (Å²) in [6, 6.07) is 20.3. The van der Waals surface area contributed by atoms with E-state index in [2.05, 4.69) is 34.4 Å². The van der Waals surface area contributed by atoms with Gasteiger partial charge in [0.15, 0.2) is 0 Å². The van der Waals surface area contributed by atoms with E-state index in [9.17, 15) is 5.11 Å². The number of aliphatic hydroxyl groups excluding tert-OH is 1. The quantitative estimate of drug-likeness (QED) is 0.414. The van der Waals surface area contributed by atoms with Gasteiger partial charge in [-0.3, -0.25) is 5.09 Å². The van der Waals surface area contributed by atoms with Crippen molar-refractivity contribution in [3.8, 4) is 0 Å². The summed E-state index contributed by atoms with van der Waals surface area (Å²) in [6.45, 7) is -0.838. The maximum Gasteiger partial charge on any atom is 0.277 e. The molecule has 2 aliphatic rings. The van der Waals surface area contributed by atoms with Crippen LogP contribution < -0.4 is 20.8 Å². The van der Waals surface area contributed by atoms with Crippen LogP contribution in [0.1, 0.15) is 12.8 Å². The molecule has 2 bridgehead atoms. The number of hydrogen-bond acceptors (Lipinski definition) is 7. The van der Waals surface area contributed by atoms with Crippen LogP contribution in [0, 0.1) is 0 Å². The number of aliphatic hydroxyl groups is 1. The van der Waals surface area contributed by atoms with Crippen LogP contribution in [-0.2, 0) is 4.52 Å². The fourth-order valence-corrected chi connectivity index (χ4v) is 16.5. The summed E-state index contributed by atoms with van der Waals surface area (Å²) < 4.78 is 21.7. The third-order valence-corrected chi connectivity index (χ3v) is 15.9. The molecule has 3 N–H and O–H groups in total. The van der Waals surface area contributed by atoms with Crippen molar-refractivity contribution in [2.45, 2.75) is 12.8 Å². The predicted molar refractivity (Wildman–Crippen MR) is 124 cm³/mol. The first kappa shape index (κ1) is 21.5. The Hall–Kier alpha value is -0.740. The molecule has 2 heterocycles. The first-order valence-electron chi connectivity index (χ1n) is 9.58. The van der Waals surface area contributed by atoms with Gasteiger partial charge in [0.1, 0.15) is 7.21 Å². The van der Waals surface area contributed by atoms with Crippen molar-refractivity contribution >= 4 is 43.3 Å². The van der Waals surface area contributed by atoms with Crippen LogP contribution in [0.15, 0.2) is 74.2 Å². The van der Waals surface area contributed by atoms with E-state index >= 15 is 0 Å². The second-order valence-electron chi connectivity index (χ2n) is 6.69. The number of hydrogen-bond donors (Lipinski definition) is 3. The third kappa shape index (κ3) is 4.63. The minimum atomic E-state index is -2.76. The van der Waals surface area contributed by atoms with Crippen LogP contribution >= 0.6 is 32.7 Å². The molecule has 0 saturated heterocycles. The fraction of sp³-hybridized carbons (Fsp3) is 0.333. The molecule has 7 nitrogen and oxygen atoms in total. The van der Waals surface area contributed by atoms with E-state index in [1.807, 2.05) is 36.4 Å². The van der Waals surface area contributed by atoms with Gasteiger partial charge in [0.25, 0.3) is 7.58 Å². The Morgan fingerprint density at radius 1 is 1.00 bits per heavy atom. The molecule has 0 amide bonds. The highest BCUT2D eigenvalue weighted by molar-refractivity contribution is 8.00.